The van der Waals surface area contributed by atoms with Crippen molar-refractivity contribution < 1.29 is 0 Å². The molecule has 1 unspecified atom stereocenters. The smallest absolute Gasteiger partial charge is 0.0981 e. The Kier molecular flexibility index (Phi) is 4.14. The van der Waals surface area contributed by atoms with Gasteiger partial charge in [-0.05, 0) is 24.3 Å². The first kappa shape index (κ1) is 14.7. The molecule has 1 aliphatic rings. The summed E-state index contributed by atoms with van der Waals surface area (Å²) in [5.74, 6) is 0.808. The first-order valence-corrected chi connectivity index (χ1v) is 8.59. The van der Waals surface area contributed by atoms with Crippen molar-refractivity contribution in [1.82, 2.24) is 10.3 Å². The Morgan fingerprint density at radius 1 is 1.24 bits per heavy atom. The molecule has 1 heterocycles. The molecule has 0 radical (unpaired) electrons. The second kappa shape index (κ2) is 5.90. The van der Waals surface area contributed by atoms with Crippen LogP contribution in [0.4, 0.5) is 0 Å². The molecule has 3 heteroatoms. The highest BCUT2D eigenvalue weighted by Gasteiger charge is 2.32. The second-order valence-electron chi connectivity index (χ2n) is 6.99. The van der Waals surface area contributed by atoms with E-state index in [1.54, 1.807) is 0 Å². The SMILES string of the molecule is CC(C)(C)c1ncc(CNC(c2ccccc2)C2CC2)s1. The molecule has 3 rings (SSSR count). The van der Waals surface area contributed by atoms with E-state index in [1.165, 1.54) is 28.3 Å². The number of aromatic nitrogens is 1. The van der Waals surface area contributed by atoms with Crippen LogP contribution >= 0.6 is 11.3 Å². The van der Waals surface area contributed by atoms with Crippen LogP contribution in [0.15, 0.2) is 36.5 Å². The van der Waals surface area contributed by atoms with Crippen molar-refractivity contribution in [3.8, 4) is 0 Å². The maximum Gasteiger partial charge on any atom is 0.0981 e. The van der Waals surface area contributed by atoms with E-state index in [2.05, 4.69) is 61.4 Å². The zero-order valence-corrected chi connectivity index (χ0v) is 13.9. The van der Waals surface area contributed by atoms with Crippen LogP contribution in [0.1, 0.15) is 55.1 Å². The first-order valence-electron chi connectivity index (χ1n) is 7.77. The minimum Gasteiger partial charge on any atom is -0.305 e. The fourth-order valence-electron chi connectivity index (χ4n) is 2.59. The Bertz CT molecular complexity index is 579. The molecule has 0 bridgehead atoms. The summed E-state index contributed by atoms with van der Waals surface area (Å²) in [4.78, 5) is 5.91. The van der Waals surface area contributed by atoms with Gasteiger partial charge in [0.15, 0.2) is 0 Å². The van der Waals surface area contributed by atoms with Gasteiger partial charge >= 0.3 is 0 Å². The number of hydrogen-bond donors (Lipinski definition) is 1. The Labute approximate surface area is 131 Å². The van der Waals surface area contributed by atoms with Crippen molar-refractivity contribution in [3.63, 3.8) is 0 Å². The lowest BCUT2D eigenvalue weighted by Gasteiger charge is -2.18. The molecule has 0 aliphatic heterocycles. The summed E-state index contributed by atoms with van der Waals surface area (Å²) in [6.45, 7) is 7.59. The predicted octanol–water partition coefficient (Wildman–Crippen LogP) is 4.68. The Balaban J connectivity index is 1.66. The minimum atomic E-state index is 0.151. The van der Waals surface area contributed by atoms with E-state index >= 15 is 0 Å². The molecule has 1 aromatic heterocycles. The van der Waals surface area contributed by atoms with Gasteiger partial charge in [0.05, 0.1) is 5.01 Å². The van der Waals surface area contributed by atoms with Crippen LogP contribution in [0, 0.1) is 5.92 Å². The Morgan fingerprint density at radius 3 is 2.52 bits per heavy atom. The Hall–Kier alpha value is -1.19. The van der Waals surface area contributed by atoms with Gasteiger partial charge in [0.25, 0.3) is 0 Å². The van der Waals surface area contributed by atoms with Gasteiger partial charge in [-0.15, -0.1) is 11.3 Å². The summed E-state index contributed by atoms with van der Waals surface area (Å²) in [7, 11) is 0. The summed E-state index contributed by atoms with van der Waals surface area (Å²) in [6.07, 6.45) is 4.73. The van der Waals surface area contributed by atoms with Crippen LogP contribution in [0.25, 0.3) is 0 Å². The predicted molar refractivity (Wildman–Crippen MR) is 89.6 cm³/mol. The van der Waals surface area contributed by atoms with Crippen molar-refractivity contribution in [1.29, 1.82) is 0 Å². The van der Waals surface area contributed by atoms with Crippen LogP contribution in [0.3, 0.4) is 0 Å². The highest BCUT2D eigenvalue weighted by atomic mass is 32.1. The third kappa shape index (κ3) is 3.72. The van der Waals surface area contributed by atoms with Gasteiger partial charge in [-0.2, -0.15) is 0 Å². The van der Waals surface area contributed by atoms with Gasteiger partial charge in [0.1, 0.15) is 0 Å². The third-order valence-electron chi connectivity index (χ3n) is 3.94. The average molecular weight is 300 g/mol. The summed E-state index contributed by atoms with van der Waals surface area (Å²) in [6, 6.07) is 11.3. The maximum atomic E-state index is 4.58. The van der Waals surface area contributed by atoms with Gasteiger partial charge in [-0.1, -0.05) is 51.1 Å². The van der Waals surface area contributed by atoms with Crippen molar-refractivity contribution in [2.45, 2.75) is 51.6 Å². The molecule has 0 amide bonds. The number of nitrogens with one attached hydrogen (secondary N) is 1. The maximum absolute atomic E-state index is 4.58. The molecule has 1 aromatic carbocycles. The first-order chi connectivity index (χ1) is 10.0. The number of thiazole rings is 1. The molecule has 1 fully saturated rings. The van der Waals surface area contributed by atoms with E-state index < -0.39 is 0 Å². The molecular weight excluding hydrogens is 276 g/mol. The fourth-order valence-corrected chi connectivity index (χ4v) is 3.51. The molecule has 1 N–H and O–H groups in total. The summed E-state index contributed by atoms with van der Waals surface area (Å²) >= 11 is 1.84. The monoisotopic (exact) mass is 300 g/mol. The van der Waals surface area contributed by atoms with Gasteiger partial charge in [-0.25, -0.2) is 4.98 Å². The highest BCUT2D eigenvalue weighted by molar-refractivity contribution is 7.11. The van der Waals surface area contributed by atoms with E-state index in [1.807, 2.05) is 17.5 Å². The molecular formula is C18H24N2S. The number of rotatable bonds is 5. The van der Waals surface area contributed by atoms with Crippen LogP contribution in [-0.4, -0.2) is 4.98 Å². The normalized spacial score (nSPS) is 16.9. The lowest BCUT2D eigenvalue weighted by atomic mass is 9.98. The molecule has 2 nitrogen and oxygen atoms in total. The summed E-state index contributed by atoms with van der Waals surface area (Å²) < 4.78 is 0. The molecule has 1 saturated carbocycles. The number of hydrogen-bond acceptors (Lipinski definition) is 3. The van der Waals surface area contributed by atoms with E-state index in [9.17, 15) is 0 Å². The van der Waals surface area contributed by atoms with Crippen LogP contribution in [0.2, 0.25) is 0 Å². The highest BCUT2D eigenvalue weighted by Crippen LogP contribution is 2.41. The number of nitrogens with zero attached hydrogens (tertiary/aromatic N) is 1. The summed E-state index contributed by atoms with van der Waals surface area (Å²) in [5, 5.41) is 4.97. The lowest BCUT2D eigenvalue weighted by molar-refractivity contribution is 0.482. The van der Waals surface area contributed by atoms with E-state index in [0.717, 1.165) is 12.5 Å². The molecule has 1 aliphatic carbocycles. The molecule has 0 saturated heterocycles. The van der Waals surface area contributed by atoms with Crippen LogP contribution in [0.5, 0.6) is 0 Å². The molecule has 112 valence electrons. The lowest BCUT2D eigenvalue weighted by Crippen LogP contribution is -2.22. The Morgan fingerprint density at radius 2 is 1.95 bits per heavy atom. The van der Waals surface area contributed by atoms with Crippen molar-refractivity contribution in [2.24, 2.45) is 5.92 Å². The van der Waals surface area contributed by atoms with Crippen LogP contribution < -0.4 is 5.32 Å². The van der Waals surface area contributed by atoms with Crippen molar-refractivity contribution >= 4 is 11.3 Å². The van der Waals surface area contributed by atoms with Gasteiger partial charge < -0.3 is 5.32 Å². The molecule has 0 spiro atoms. The zero-order valence-electron chi connectivity index (χ0n) is 13.1. The third-order valence-corrected chi connectivity index (χ3v) is 5.37. The zero-order chi connectivity index (χ0) is 14.9. The van der Waals surface area contributed by atoms with Gasteiger partial charge in [-0.3, -0.25) is 0 Å². The second-order valence-corrected chi connectivity index (χ2v) is 8.10. The minimum absolute atomic E-state index is 0.151. The van der Waals surface area contributed by atoms with E-state index in [4.69, 9.17) is 0 Å². The molecule has 1 atom stereocenters. The van der Waals surface area contributed by atoms with Crippen molar-refractivity contribution in [2.75, 3.05) is 0 Å². The fraction of sp³-hybridized carbons (Fsp3) is 0.500. The van der Waals surface area contributed by atoms with Crippen LogP contribution in [-0.2, 0) is 12.0 Å². The standard InChI is InChI=1S/C18H24N2S/c1-18(2,3)17-20-12-15(21-17)11-19-16(14-9-10-14)13-7-5-4-6-8-13/h4-8,12,14,16,19H,9-11H2,1-3H3. The quantitative estimate of drug-likeness (QED) is 0.867. The average Bonchev–Trinajstić information content (AvgIpc) is 3.16. The van der Waals surface area contributed by atoms with Gasteiger partial charge in [0, 0.05) is 29.1 Å². The van der Waals surface area contributed by atoms with E-state index in [-0.39, 0.29) is 5.41 Å². The van der Waals surface area contributed by atoms with Gasteiger partial charge in [0.2, 0.25) is 0 Å². The molecule has 21 heavy (non-hydrogen) atoms. The molecule has 2 aromatic rings. The number of benzene rings is 1. The van der Waals surface area contributed by atoms with Crippen molar-refractivity contribution in [3.05, 3.63) is 52.0 Å². The van der Waals surface area contributed by atoms with E-state index in [0.29, 0.717) is 6.04 Å². The topological polar surface area (TPSA) is 24.9 Å². The largest absolute Gasteiger partial charge is 0.305 e. The summed E-state index contributed by atoms with van der Waals surface area (Å²) in [5.41, 5.74) is 1.57.